The summed E-state index contributed by atoms with van der Waals surface area (Å²) >= 11 is 3.45. The smallest absolute Gasteiger partial charge is 0.136 e. The van der Waals surface area contributed by atoms with Crippen molar-refractivity contribution in [2.24, 2.45) is 0 Å². The van der Waals surface area contributed by atoms with Gasteiger partial charge in [0.25, 0.3) is 0 Å². The Labute approximate surface area is 96.1 Å². The van der Waals surface area contributed by atoms with Crippen LogP contribution in [0.4, 0.5) is 0 Å². The number of imidazole rings is 1. The molecule has 0 spiro atoms. The molecular formula is C10H12BrN3O. The first-order chi connectivity index (χ1) is 7.15. The monoisotopic (exact) mass is 269 g/mol. The van der Waals surface area contributed by atoms with Crippen molar-refractivity contribution >= 4 is 27.0 Å². The average Bonchev–Trinajstić information content (AvgIpc) is 2.57. The van der Waals surface area contributed by atoms with Crippen molar-refractivity contribution in [1.82, 2.24) is 14.5 Å². The Hall–Kier alpha value is -0.940. The van der Waals surface area contributed by atoms with Gasteiger partial charge >= 0.3 is 0 Å². The molecule has 2 aromatic heterocycles. The van der Waals surface area contributed by atoms with E-state index in [1.807, 2.05) is 4.57 Å². The van der Waals surface area contributed by atoms with Crippen LogP contribution >= 0.6 is 15.9 Å². The molecule has 0 aliphatic carbocycles. The lowest BCUT2D eigenvalue weighted by Gasteiger charge is -2.12. The fourth-order valence-electron chi connectivity index (χ4n) is 1.73. The molecule has 5 heteroatoms. The van der Waals surface area contributed by atoms with Gasteiger partial charge in [-0.1, -0.05) is 0 Å². The van der Waals surface area contributed by atoms with Crippen LogP contribution in [-0.2, 0) is 6.61 Å². The van der Waals surface area contributed by atoms with E-state index in [1.54, 1.807) is 12.4 Å². The fraction of sp³-hybridized carbons (Fsp3) is 0.400. The van der Waals surface area contributed by atoms with Crippen LogP contribution in [0.15, 0.2) is 16.9 Å². The summed E-state index contributed by atoms with van der Waals surface area (Å²) in [5.74, 6) is 0.675. The molecular weight excluding hydrogens is 258 g/mol. The third kappa shape index (κ3) is 1.66. The predicted molar refractivity (Wildman–Crippen MR) is 61.5 cm³/mol. The Bertz CT molecular complexity index is 493. The summed E-state index contributed by atoms with van der Waals surface area (Å²) < 4.78 is 2.92. The van der Waals surface area contributed by atoms with Gasteiger partial charge in [0.1, 0.15) is 17.9 Å². The summed E-state index contributed by atoms with van der Waals surface area (Å²) in [6, 6.07) is 0.260. The summed E-state index contributed by atoms with van der Waals surface area (Å²) in [5.41, 5.74) is 1.80. The molecule has 0 saturated carbocycles. The number of pyridine rings is 1. The minimum atomic E-state index is -0.0563. The predicted octanol–water partition coefficient (Wildman–Crippen LogP) is 2.27. The van der Waals surface area contributed by atoms with Crippen LogP contribution in [0.3, 0.4) is 0 Å². The second kappa shape index (κ2) is 3.90. The summed E-state index contributed by atoms with van der Waals surface area (Å²) in [6.45, 7) is 4.07. The van der Waals surface area contributed by atoms with Gasteiger partial charge in [0, 0.05) is 12.2 Å². The Morgan fingerprint density at radius 1 is 1.47 bits per heavy atom. The maximum absolute atomic E-state index is 9.24. The van der Waals surface area contributed by atoms with Crippen molar-refractivity contribution < 1.29 is 5.11 Å². The minimum absolute atomic E-state index is 0.0563. The van der Waals surface area contributed by atoms with Gasteiger partial charge < -0.3 is 9.67 Å². The average molecular weight is 270 g/mol. The third-order valence-electron chi connectivity index (χ3n) is 2.28. The van der Waals surface area contributed by atoms with Gasteiger partial charge in [-0.05, 0) is 29.8 Å². The van der Waals surface area contributed by atoms with Gasteiger partial charge in [0.2, 0.25) is 0 Å². The van der Waals surface area contributed by atoms with Crippen LogP contribution in [0, 0.1) is 0 Å². The number of fused-ring (bicyclic) bond motifs is 1. The molecule has 0 radical (unpaired) electrons. The van der Waals surface area contributed by atoms with Crippen LogP contribution in [0.5, 0.6) is 0 Å². The number of aliphatic hydroxyl groups excluding tert-OH is 1. The maximum Gasteiger partial charge on any atom is 0.136 e. The highest BCUT2D eigenvalue weighted by Gasteiger charge is 2.14. The first-order valence-electron chi connectivity index (χ1n) is 4.76. The van der Waals surface area contributed by atoms with E-state index in [-0.39, 0.29) is 12.6 Å². The molecule has 0 saturated heterocycles. The lowest BCUT2D eigenvalue weighted by Crippen LogP contribution is -2.06. The lowest BCUT2D eigenvalue weighted by atomic mass is 10.3. The highest BCUT2D eigenvalue weighted by molar-refractivity contribution is 9.10. The Kier molecular flexibility index (Phi) is 2.75. The van der Waals surface area contributed by atoms with E-state index in [4.69, 9.17) is 0 Å². The van der Waals surface area contributed by atoms with Crippen molar-refractivity contribution in [2.75, 3.05) is 0 Å². The summed E-state index contributed by atoms with van der Waals surface area (Å²) in [7, 11) is 0. The largest absolute Gasteiger partial charge is 0.388 e. The molecule has 2 heterocycles. The van der Waals surface area contributed by atoms with Gasteiger partial charge in [-0.25, -0.2) is 4.98 Å². The van der Waals surface area contributed by atoms with Gasteiger partial charge in [0.05, 0.1) is 16.2 Å². The summed E-state index contributed by atoms with van der Waals surface area (Å²) in [5, 5.41) is 9.24. The fourth-order valence-corrected chi connectivity index (χ4v) is 2.24. The van der Waals surface area contributed by atoms with E-state index in [1.165, 1.54) is 0 Å². The SMILES string of the molecule is CC(C)n1c(CO)nc2cncc(Br)c21. The second-order valence-corrected chi connectivity index (χ2v) is 4.49. The molecule has 0 fully saturated rings. The van der Waals surface area contributed by atoms with E-state index >= 15 is 0 Å². The van der Waals surface area contributed by atoms with Crippen molar-refractivity contribution in [3.63, 3.8) is 0 Å². The molecule has 0 atom stereocenters. The van der Waals surface area contributed by atoms with Crippen LogP contribution in [0.25, 0.3) is 11.0 Å². The molecule has 0 bridgehead atoms. The highest BCUT2D eigenvalue weighted by Crippen LogP contribution is 2.26. The molecule has 4 nitrogen and oxygen atoms in total. The second-order valence-electron chi connectivity index (χ2n) is 3.64. The molecule has 2 rings (SSSR count). The first kappa shape index (κ1) is 10.6. The normalized spacial score (nSPS) is 11.5. The van der Waals surface area contributed by atoms with E-state index in [0.29, 0.717) is 5.82 Å². The first-order valence-corrected chi connectivity index (χ1v) is 5.55. The Balaban J connectivity index is 2.82. The molecule has 2 aromatic rings. The minimum Gasteiger partial charge on any atom is -0.388 e. The Morgan fingerprint density at radius 3 is 2.80 bits per heavy atom. The number of nitrogens with zero attached hydrogens (tertiary/aromatic N) is 3. The standard InChI is InChI=1S/C10H12BrN3O/c1-6(2)14-9(5-15)13-8-4-12-3-7(11)10(8)14/h3-4,6,15H,5H2,1-2H3. The van der Waals surface area contributed by atoms with Crippen molar-refractivity contribution in [1.29, 1.82) is 0 Å². The molecule has 15 heavy (non-hydrogen) atoms. The number of hydrogen-bond donors (Lipinski definition) is 1. The molecule has 0 aliphatic heterocycles. The zero-order valence-electron chi connectivity index (χ0n) is 8.61. The summed E-state index contributed by atoms with van der Waals surface area (Å²) in [6.07, 6.45) is 3.45. The quantitative estimate of drug-likeness (QED) is 0.910. The van der Waals surface area contributed by atoms with E-state index < -0.39 is 0 Å². The lowest BCUT2D eigenvalue weighted by molar-refractivity contribution is 0.263. The van der Waals surface area contributed by atoms with Crippen LogP contribution < -0.4 is 0 Å². The number of rotatable bonds is 2. The third-order valence-corrected chi connectivity index (χ3v) is 2.86. The van der Waals surface area contributed by atoms with Crippen LogP contribution in [0.1, 0.15) is 25.7 Å². The molecule has 80 valence electrons. The van der Waals surface area contributed by atoms with E-state index in [0.717, 1.165) is 15.5 Å². The van der Waals surface area contributed by atoms with Gasteiger partial charge in [-0.3, -0.25) is 4.98 Å². The van der Waals surface area contributed by atoms with Crippen molar-refractivity contribution in [3.05, 3.63) is 22.7 Å². The van der Waals surface area contributed by atoms with Crippen molar-refractivity contribution in [3.8, 4) is 0 Å². The number of halogens is 1. The van der Waals surface area contributed by atoms with Crippen LogP contribution in [-0.4, -0.2) is 19.6 Å². The number of aromatic nitrogens is 3. The molecule has 0 amide bonds. The molecule has 1 N–H and O–H groups in total. The zero-order valence-corrected chi connectivity index (χ0v) is 10.2. The summed E-state index contributed by atoms with van der Waals surface area (Å²) in [4.78, 5) is 8.39. The maximum atomic E-state index is 9.24. The van der Waals surface area contributed by atoms with Gasteiger partial charge in [0.15, 0.2) is 0 Å². The van der Waals surface area contributed by atoms with Crippen molar-refractivity contribution in [2.45, 2.75) is 26.5 Å². The van der Waals surface area contributed by atoms with Crippen LogP contribution in [0.2, 0.25) is 0 Å². The highest BCUT2D eigenvalue weighted by atomic mass is 79.9. The Morgan fingerprint density at radius 2 is 2.20 bits per heavy atom. The van der Waals surface area contributed by atoms with Gasteiger partial charge in [-0.2, -0.15) is 0 Å². The molecule has 0 aromatic carbocycles. The molecule has 0 unspecified atom stereocenters. The van der Waals surface area contributed by atoms with E-state index in [9.17, 15) is 5.11 Å². The zero-order chi connectivity index (χ0) is 11.0. The van der Waals surface area contributed by atoms with E-state index in [2.05, 4.69) is 39.7 Å². The molecule has 0 aliphatic rings. The number of aliphatic hydroxyl groups is 1. The van der Waals surface area contributed by atoms with Gasteiger partial charge in [-0.15, -0.1) is 0 Å². The number of hydrogen-bond acceptors (Lipinski definition) is 3. The topological polar surface area (TPSA) is 50.9 Å².